The van der Waals surface area contributed by atoms with Crippen molar-refractivity contribution in [3.63, 3.8) is 0 Å². The van der Waals surface area contributed by atoms with E-state index in [4.69, 9.17) is 17.3 Å². The van der Waals surface area contributed by atoms with Gasteiger partial charge in [-0.2, -0.15) is 0 Å². The highest BCUT2D eigenvalue weighted by molar-refractivity contribution is 6.30. The molecular weight excluding hydrogens is 266 g/mol. The van der Waals surface area contributed by atoms with E-state index in [2.05, 4.69) is 15.0 Å². The number of pyridine rings is 1. The number of rotatable bonds is 3. The van der Waals surface area contributed by atoms with Crippen molar-refractivity contribution >= 4 is 34.8 Å². The van der Waals surface area contributed by atoms with E-state index < -0.39 is 5.97 Å². The van der Waals surface area contributed by atoms with E-state index in [1.54, 1.807) is 24.3 Å². The first-order chi connectivity index (χ1) is 9.10. The molecule has 0 spiro atoms. The summed E-state index contributed by atoms with van der Waals surface area (Å²) in [6.07, 6.45) is 0. The molecule has 0 aliphatic heterocycles. The molecule has 3 N–H and O–H groups in total. The average molecular weight is 278 g/mol. The molecule has 1 heterocycles. The average Bonchev–Trinajstić information content (AvgIpc) is 2.40. The lowest BCUT2D eigenvalue weighted by atomic mass is 10.3. The maximum atomic E-state index is 11.4. The lowest BCUT2D eigenvalue weighted by molar-refractivity contribution is 0.0594. The van der Waals surface area contributed by atoms with Crippen LogP contribution in [0.3, 0.4) is 0 Å². The standard InChI is InChI=1S/C13H12ClN3O2/c1-19-13(18)11-6-5-10(15)12(17-11)16-9-4-2-3-8(14)7-9/h2-7H,15H2,1H3,(H,16,17). The summed E-state index contributed by atoms with van der Waals surface area (Å²) in [7, 11) is 1.30. The lowest BCUT2D eigenvalue weighted by Gasteiger charge is -2.09. The summed E-state index contributed by atoms with van der Waals surface area (Å²) < 4.78 is 4.61. The molecule has 0 aliphatic rings. The third-order valence-corrected chi connectivity index (χ3v) is 2.64. The van der Waals surface area contributed by atoms with Crippen molar-refractivity contribution in [3.05, 3.63) is 47.1 Å². The Morgan fingerprint density at radius 3 is 2.84 bits per heavy atom. The second-order valence-electron chi connectivity index (χ2n) is 3.76. The summed E-state index contributed by atoms with van der Waals surface area (Å²) in [5.41, 5.74) is 7.14. The maximum Gasteiger partial charge on any atom is 0.356 e. The second kappa shape index (κ2) is 5.58. The molecule has 2 rings (SSSR count). The largest absolute Gasteiger partial charge is 0.464 e. The minimum absolute atomic E-state index is 0.182. The fraction of sp³-hybridized carbons (Fsp3) is 0.0769. The molecule has 98 valence electrons. The number of nitrogen functional groups attached to an aromatic ring is 1. The van der Waals surface area contributed by atoms with Gasteiger partial charge in [0.1, 0.15) is 0 Å². The number of nitrogens with zero attached hydrogens (tertiary/aromatic N) is 1. The summed E-state index contributed by atoms with van der Waals surface area (Å²) in [4.78, 5) is 15.5. The number of nitrogens with two attached hydrogens (primary N) is 1. The molecule has 0 aliphatic carbocycles. The van der Waals surface area contributed by atoms with Crippen molar-refractivity contribution in [2.24, 2.45) is 0 Å². The van der Waals surface area contributed by atoms with Gasteiger partial charge in [0.25, 0.3) is 0 Å². The number of benzene rings is 1. The first-order valence-electron chi connectivity index (χ1n) is 5.47. The number of esters is 1. The summed E-state index contributed by atoms with van der Waals surface area (Å²) in [5, 5.41) is 3.59. The Balaban J connectivity index is 2.31. The zero-order valence-corrected chi connectivity index (χ0v) is 10.9. The fourth-order valence-corrected chi connectivity index (χ4v) is 1.68. The van der Waals surface area contributed by atoms with E-state index in [1.165, 1.54) is 13.2 Å². The Kier molecular flexibility index (Phi) is 3.87. The smallest absolute Gasteiger partial charge is 0.356 e. The Hall–Kier alpha value is -2.27. The normalized spacial score (nSPS) is 10.0. The van der Waals surface area contributed by atoms with E-state index >= 15 is 0 Å². The molecule has 0 atom stereocenters. The minimum atomic E-state index is -0.519. The number of anilines is 3. The highest BCUT2D eigenvalue weighted by Crippen LogP contribution is 2.23. The van der Waals surface area contributed by atoms with Crippen molar-refractivity contribution in [2.45, 2.75) is 0 Å². The third-order valence-electron chi connectivity index (χ3n) is 2.41. The second-order valence-corrected chi connectivity index (χ2v) is 4.20. The van der Waals surface area contributed by atoms with Gasteiger partial charge in [0, 0.05) is 10.7 Å². The van der Waals surface area contributed by atoms with Crippen LogP contribution in [0.2, 0.25) is 5.02 Å². The third kappa shape index (κ3) is 3.14. The van der Waals surface area contributed by atoms with Crippen LogP contribution in [0.5, 0.6) is 0 Å². The van der Waals surface area contributed by atoms with Gasteiger partial charge < -0.3 is 15.8 Å². The number of carbonyl (C=O) groups excluding carboxylic acids is 1. The molecular formula is C13H12ClN3O2. The molecule has 0 unspecified atom stereocenters. The van der Waals surface area contributed by atoms with E-state index in [9.17, 15) is 4.79 Å². The molecule has 1 aromatic heterocycles. The summed E-state index contributed by atoms with van der Waals surface area (Å²) in [5.74, 6) is -0.140. The molecule has 0 bridgehead atoms. The topological polar surface area (TPSA) is 77.2 Å². The quantitative estimate of drug-likeness (QED) is 0.844. The lowest BCUT2D eigenvalue weighted by Crippen LogP contribution is -2.07. The number of hydrogen-bond acceptors (Lipinski definition) is 5. The van der Waals surface area contributed by atoms with Crippen LogP contribution >= 0.6 is 11.6 Å². The Labute approximate surface area is 115 Å². The summed E-state index contributed by atoms with van der Waals surface area (Å²) in [6, 6.07) is 10.2. The van der Waals surface area contributed by atoms with E-state index in [0.717, 1.165) is 5.69 Å². The number of carbonyl (C=O) groups is 1. The van der Waals surface area contributed by atoms with Gasteiger partial charge in [0.05, 0.1) is 12.8 Å². The van der Waals surface area contributed by atoms with Gasteiger partial charge >= 0.3 is 5.97 Å². The first-order valence-corrected chi connectivity index (χ1v) is 5.85. The van der Waals surface area contributed by atoms with Crippen molar-refractivity contribution < 1.29 is 9.53 Å². The van der Waals surface area contributed by atoms with Gasteiger partial charge in [-0.25, -0.2) is 9.78 Å². The van der Waals surface area contributed by atoms with Gasteiger partial charge in [0.15, 0.2) is 11.5 Å². The molecule has 0 saturated carbocycles. The van der Waals surface area contributed by atoms with Crippen LogP contribution in [-0.4, -0.2) is 18.1 Å². The number of aromatic nitrogens is 1. The molecule has 0 amide bonds. The van der Waals surface area contributed by atoms with Crippen molar-refractivity contribution in [1.29, 1.82) is 0 Å². The fourth-order valence-electron chi connectivity index (χ4n) is 1.49. The van der Waals surface area contributed by atoms with Gasteiger partial charge in [-0.1, -0.05) is 17.7 Å². The molecule has 0 fully saturated rings. The van der Waals surface area contributed by atoms with Crippen LogP contribution in [0.1, 0.15) is 10.5 Å². The monoisotopic (exact) mass is 277 g/mol. The molecule has 0 saturated heterocycles. The van der Waals surface area contributed by atoms with Crippen molar-refractivity contribution in [3.8, 4) is 0 Å². The molecule has 0 radical (unpaired) electrons. The van der Waals surface area contributed by atoms with Gasteiger partial charge in [-0.3, -0.25) is 0 Å². The molecule has 6 heteroatoms. The number of ether oxygens (including phenoxy) is 1. The molecule has 19 heavy (non-hydrogen) atoms. The van der Waals surface area contributed by atoms with Gasteiger partial charge in [0.2, 0.25) is 0 Å². The number of nitrogens with one attached hydrogen (secondary N) is 1. The van der Waals surface area contributed by atoms with Crippen LogP contribution in [-0.2, 0) is 4.74 Å². The Morgan fingerprint density at radius 2 is 2.16 bits per heavy atom. The van der Waals surface area contributed by atoms with Crippen LogP contribution in [0.15, 0.2) is 36.4 Å². The molecule has 2 aromatic rings. The summed E-state index contributed by atoms with van der Waals surface area (Å²) >= 11 is 5.89. The zero-order chi connectivity index (χ0) is 13.8. The number of methoxy groups -OCH3 is 1. The summed E-state index contributed by atoms with van der Waals surface area (Å²) in [6.45, 7) is 0. The van der Waals surface area contributed by atoms with E-state index in [-0.39, 0.29) is 5.69 Å². The van der Waals surface area contributed by atoms with E-state index in [0.29, 0.717) is 16.5 Å². The Bertz CT molecular complexity index is 617. The van der Waals surface area contributed by atoms with Crippen LogP contribution in [0.25, 0.3) is 0 Å². The van der Waals surface area contributed by atoms with Crippen molar-refractivity contribution in [1.82, 2.24) is 4.98 Å². The minimum Gasteiger partial charge on any atom is -0.464 e. The molecule has 5 nitrogen and oxygen atoms in total. The number of halogens is 1. The highest BCUT2D eigenvalue weighted by Gasteiger charge is 2.10. The van der Waals surface area contributed by atoms with Crippen LogP contribution in [0, 0.1) is 0 Å². The number of hydrogen-bond donors (Lipinski definition) is 2. The van der Waals surface area contributed by atoms with Crippen LogP contribution in [0.4, 0.5) is 17.2 Å². The maximum absolute atomic E-state index is 11.4. The molecule has 1 aromatic carbocycles. The predicted molar refractivity (Wildman–Crippen MR) is 74.7 cm³/mol. The predicted octanol–water partition coefficient (Wildman–Crippen LogP) is 2.85. The zero-order valence-electron chi connectivity index (χ0n) is 10.2. The van der Waals surface area contributed by atoms with Gasteiger partial charge in [-0.05, 0) is 30.3 Å². The Morgan fingerprint density at radius 1 is 1.37 bits per heavy atom. The van der Waals surface area contributed by atoms with Crippen LogP contribution < -0.4 is 11.1 Å². The SMILES string of the molecule is COC(=O)c1ccc(N)c(Nc2cccc(Cl)c2)n1. The first kappa shape index (κ1) is 13.2. The van der Waals surface area contributed by atoms with E-state index in [1.807, 2.05) is 6.07 Å². The highest BCUT2D eigenvalue weighted by atomic mass is 35.5. The van der Waals surface area contributed by atoms with Crippen molar-refractivity contribution in [2.75, 3.05) is 18.2 Å². The van der Waals surface area contributed by atoms with Gasteiger partial charge in [-0.15, -0.1) is 0 Å².